The Morgan fingerprint density at radius 1 is 1.22 bits per heavy atom. The molecule has 0 radical (unpaired) electrons. The van der Waals surface area contributed by atoms with Crippen LogP contribution in [0.1, 0.15) is 65.2 Å². The van der Waals surface area contributed by atoms with Crippen LogP contribution in [0.5, 0.6) is 0 Å². The van der Waals surface area contributed by atoms with Gasteiger partial charge in [-0.15, -0.1) is 0 Å². The van der Waals surface area contributed by atoms with Crippen molar-refractivity contribution >= 4 is 5.97 Å². The molecule has 1 aliphatic heterocycles. The number of carbonyl (C=O) groups is 1. The fraction of sp³-hybridized carbons (Fsp3) is 0.933. The van der Waals surface area contributed by atoms with Crippen molar-refractivity contribution in [3.05, 3.63) is 0 Å². The predicted octanol–water partition coefficient (Wildman–Crippen LogP) is 3.53. The molecule has 1 N–H and O–H groups in total. The summed E-state index contributed by atoms with van der Waals surface area (Å²) in [5, 5.41) is 8.71. The summed E-state index contributed by atoms with van der Waals surface area (Å²) in [6, 6.07) is 0.764. The van der Waals surface area contributed by atoms with Crippen LogP contribution in [-0.2, 0) is 4.79 Å². The third-order valence-corrected chi connectivity index (χ3v) is 4.18. The molecule has 0 bridgehead atoms. The van der Waals surface area contributed by atoms with Gasteiger partial charge in [0.2, 0.25) is 0 Å². The average molecular weight is 255 g/mol. The molecule has 0 unspecified atom stereocenters. The highest BCUT2D eigenvalue weighted by Gasteiger charge is 2.24. The molecular formula is C15H29NO2. The summed E-state index contributed by atoms with van der Waals surface area (Å²) in [7, 11) is 0. The SMILES string of the molecule is CCCC(CCC)N1CCC(CCC(=O)O)CC1. The van der Waals surface area contributed by atoms with Crippen LogP contribution in [0, 0.1) is 5.92 Å². The van der Waals surface area contributed by atoms with Gasteiger partial charge in [-0.05, 0) is 51.1 Å². The molecule has 0 aliphatic carbocycles. The second-order valence-corrected chi connectivity index (χ2v) is 5.64. The zero-order valence-corrected chi connectivity index (χ0v) is 12.0. The Kier molecular flexibility index (Phi) is 7.33. The van der Waals surface area contributed by atoms with E-state index < -0.39 is 5.97 Å². The molecule has 0 spiro atoms. The maximum atomic E-state index is 10.6. The van der Waals surface area contributed by atoms with Crippen LogP contribution in [0.3, 0.4) is 0 Å². The molecule has 0 saturated carbocycles. The van der Waals surface area contributed by atoms with Crippen LogP contribution >= 0.6 is 0 Å². The van der Waals surface area contributed by atoms with Gasteiger partial charge in [0, 0.05) is 12.5 Å². The molecular weight excluding hydrogens is 226 g/mol. The van der Waals surface area contributed by atoms with Gasteiger partial charge in [-0.3, -0.25) is 4.79 Å². The fourth-order valence-electron chi connectivity index (χ4n) is 3.11. The summed E-state index contributed by atoms with van der Waals surface area (Å²) in [4.78, 5) is 13.2. The predicted molar refractivity (Wildman–Crippen MR) is 74.8 cm³/mol. The van der Waals surface area contributed by atoms with Gasteiger partial charge < -0.3 is 10.0 Å². The number of rotatable bonds is 8. The lowest BCUT2D eigenvalue weighted by Gasteiger charge is -2.37. The number of aliphatic carboxylic acids is 1. The molecule has 0 aromatic carbocycles. The summed E-state index contributed by atoms with van der Waals surface area (Å²) in [6.45, 7) is 6.88. The molecule has 0 amide bonds. The molecule has 3 nitrogen and oxygen atoms in total. The minimum absolute atomic E-state index is 0.345. The molecule has 0 aromatic rings. The van der Waals surface area contributed by atoms with Crippen LogP contribution in [0.4, 0.5) is 0 Å². The zero-order chi connectivity index (χ0) is 13.4. The first-order valence-corrected chi connectivity index (χ1v) is 7.63. The normalized spacial score (nSPS) is 18.4. The monoisotopic (exact) mass is 255 g/mol. The van der Waals surface area contributed by atoms with Crippen molar-refractivity contribution in [2.75, 3.05) is 13.1 Å². The number of carboxylic acid groups (broad SMARTS) is 1. The van der Waals surface area contributed by atoms with E-state index in [1.165, 1.54) is 51.6 Å². The van der Waals surface area contributed by atoms with E-state index in [-0.39, 0.29) is 0 Å². The van der Waals surface area contributed by atoms with Crippen LogP contribution in [0.25, 0.3) is 0 Å². The summed E-state index contributed by atoms with van der Waals surface area (Å²) in [6.07, 6.45) is 8.76. The first kappa shape index (κ1) is 15.5. The molecule has 0 aromatic heterocycles. The minimum Gasteiger partial charge on any atom is -0.481 e. The Morgan fingerprint density at radius 3 is 2.22 bits per heavy atom. The van der Waals surface area contributed by atoms with Gasteiger partial charge in [0.15, 0.2) is 0 Å². The maximum absolute atomic E-state index is 10.6. The standard InChI is InChI=1S/C15H29NO2/c1-3-5-14(6-4-2)16-11-9-13(10-12-16)7-8-15(17)18/h13-14H,3-12H2,1-2H3,(H,17,18). The second-order valence-electron chi connectivity index (χ2n) is 5.64. The number of hydrogen-bond acceptors (Lipinski definition) is 2. The van der Waals surface area contributed by atoms with Crippen LogP contribution in [0.2, 0.25) is 0 Å². The number of nitrogens with zero attached hydrogens (tertiary/aromatic N) is 1. The van der Waals surface area contributed by atoms with Crippen molar-refractivity contribution < 1.29 is 9.90 Å². The van der Waals surface area contributed by atoms with Gasteiger partial charge >= 0.3 is 5.97 Å². The molecule has 0 atom stereocenters. The van der Waals surface area contributed by atoms with Gasteiger partial charge in [0.25, 0.3) is 0 Å². The van der Waals surface area contributed by atoms with Gasteiger partial charge in [0.1, 0.15) is 0 Å². The molecule has 1 aliphatic rings. The van der Waals surface area contributed by atoms with Crippen molar-refractivity contribution in [1.82, 2.24) is 4.90 Å². The fourth-order valence-corrected chi connectivity index (χ4v) is 3.11. The summed E-state index contributed by atoms with van der Waals surface area (Å²) in [5.74, 6) is -0.00600. The molecule has 1 rings (SSSR count). The Morgan fingerprint density at radius 2 is 1.78 bits per heavy atom. The van der Waals surface area contributed by atoms with Gasteiger partial charge in [0.05, 0.1) is 0 Å². The van der Waals surface area contributed by atoms with E-state index in [0.717, 1.165) is 12.5 Å². The second kappa shape index (κ2) is 8.52. The molecule has 3 heteroatoms. The molecule has 1 fully saturated rings. The van der Waals surface area contributed by atoms with Crippen molar-refractivity contribution in [2.45, 2.75) is 71.3 Å². The lowest BCUT2D eigenvalue weighted by molar-refractivity contribution is -0.137. The van der Waals surface area contributed by atoms with Crippen molar-refractivity contribution in [3.63, 3.8) is 0 Å². The van der Waals surface area contributed by atoms with E-state index in [0.29, 0.717) is 12.3 Å². The molecule has 18 heavy (non-hydrogen) atoms. The largest absolute Gasteiger partial charge is 0.481 e. The average Bonchev–Trinajstić information content (AvgIpc) is 2.37. The number of likely N-dealkylation sites (tertiary alicyclic amines) is 1. The van der Waals surface area contributed by atoms with Crippen molar-refractivity contribution in [3.8, 4) is 0 Å². The van der Waals surface area contributed by atoms with Crippen LogP contribution < -0.4 is 0 Å². The maximum Gasteiger partial charge on any atom is 0.303 e. The third kappa shape index (κ3) is 5.38. The van der Waals surface area contributed by atoms with Gasteiger partial charge in [-0.2, -0.15) is 0 Å². The molecule has 1 saturated heterocycles. The van der Waals surface area contributed by atoms with Gasteiger partial charge in [-0.1, -0.05) is 26.7 Å². The van der Waals surface area contributed by atoms with E-state index in [9.17, 15) is 4.79 Å². The van der Waals surface area contributed by atoms with E-state index in [1.54, 1.807) is 0 Å². The minimum atomic E-state index is -0.646. The van der Waals surface area contributed by atoms with E-state index >= 15 is 0 Å². The summed E-state index contributed by atoms with van der Waals surface area (Å²) in [5.41, 5.74) is 0. The first-order valence-electron chi connectivity index (χ1n) is 7.63. The number of piperidine rings is 1. The van der Waals surface area contributed by atoms with Crippen LogP contribution in [-0.4, -0.2) is 35.1 Å². The van der Waals surface area contributed by atoms with E-state index in [4.69, 9.17) is 5.11 Å². The van der Waals surface area contributed by atoms with E-state index in [2.05, 4.69) is 18.7 Å². The topological polar surface area (TPSA) is 40.5 Å². The Balaban J connectivity index is 2.30. The van der Waals surface area contributed by atoms with Crippen molar-refractivity contribution in [1.29, 1.82) is 0 Å². The zero-order valence-electron chi connectivity index (χ0n) is 12.0. The molecule has 1 heterocycles. The number of hydrogen-bond donors (Lipinski definition) is 1. The number of carboxylic acids is 1. The third-order valence-electron chi connectivity index (χ3n) is 4.18. The highest BCUT2D eigenvalue weighted by molar-refractivity contribution is 5.66. The summed E-state index contributed by atoms with van der Waals surface area (Å²) < 4.78 is 0. The molecule has 106 valence electrons. The van der Waals surface area contributed by atoms with Crippen molar-refractivity contribution in [2.24, 2.45) is 5.92 Å². The highest BCUT2D eigenvalue weighted by atomic mass is 16.4. The highest BCUT2D eigenvalue weighted by Crippen LogP contribution is 2.25. The first-order chi connectivity index (χ1) is 8.67. The smallest absolute Gasteiger partial charge is 0.303 e. The lowest BCUT2D eigenvalue weighted by Crippen LogP contribution is -2.41. The van der Waals surface area contributed by atoms with Gasteiger partial charge in [-0.25, -0.2) is 0 Å². The Bertz CT molecular complexity index is 229. The summed E-state index contributed by atoms with van der Waals surface area (Å²) >= 11 is 0. The van der Waals surface area contributed by atoms with E-state index in [1.807, 2.05) is 0 Å². The van der Waals surface area contributed by atoms with Crippen LogP contribution in [0.15, 0.2) is 0 Å². The Hall–Kier alpha value is -0.570. The Labute approximate surface area is 112 Å². The quantitative estimate of drug-likeness (QED) is 0.721. The lowest BCUT2D eigenvalue weighted by atomic mass is 9.90.